The number of anilines is 1. The van der Waals surface area contributed by atoms with Gasteiger partial charge in [-0.2, -0.15) is 5.10 Å². The van der Waals surface area contributed by atoms with Gasteiger partial charge in [0, 0.05) is 24.8 Å². The van der Waals surface area contributed by atoms with Crippen molar-refractivity contribution in [2.24, 2.45) is 5.73 Å². The average Bonchev–Trinajstić information content (AvgIpc) is 2.85. The van der Waals surface area contributed by atoms with Gasteiger partial charge in [0.1, 0.15) is 18.0 Å². The summed E-state index contributed by atoms with van der Waals surface area (Å²) in [7, 11) is 1.95. The summed E-state index contributed by atoms with van der Waals surface area (Å²) < 4.78 is 1.85. The first kappa shape index (κ1) is 13.1. The van der Waals surface area contributed by atoms with E-state index in [0.29, 0.717) is 6.54 Å². The summed E-state index contributed by atoms with van der Waals surface area (Å²) >= 11 is 0. The predicted octanol–water partition coefficient (Wildman–Crippen LogP) is 1.22. The molecule has 0 saturated heterocycles. The van der Waals surface area contributed by atoms with E-state index in [1.807, 2.05) is 47.8 Å². The Hall–Kier alpha value is -2.37. The van der Waals surface area contributed by atoms with Crippen LogP contribution in [-0.2, 0) is 13.1 Å². The first-order valence-corrected chi connectivity index (χ1v) is 6.14. The molecule has 0 unspecified atom stereocenters. The van der Waals surface area contributed by atoms with Crippen molar-refractivity contribution in [3.05, 3.63) is 42.0 Å². The topological polar surface area (TPSA) is 83.8 Å². The maximum atomic E-state index is 7.62. The normalized spacial score (nSPS) is 10.4. The van der Waals surface area contributed by atoms with Crippen molar-refractivity contribution in [3.8, 4) is 0 Å². The first-order chi connectivity index (χ1) is 9.13. The molecule has 1 heterocycles. The fraction of sp³-hybridized carbons (Fsp3) is 0.308. The molecule has 2 aromatic rings. The minimum absolute atomic E-state index is 0.0689. The van der Waals surface area contributed by atoms with E-state index in [1.165, 1.54) is 0 Å². The lowest BCUT2D eigenvalue weighted by Gasteiger charge is -2.21. The number of rotatable bonds is 5. The summed E-state index contributed by atoms with van der Waals surface area (Å²) in [6.45, 7) is 3.44. The molecule has 3 N–H and O–H groups in total. The van der Waals surface area contributed by atoms with Gasteiger partial charge in [-0.3, -0.25) is 5.41 Å². The van der Waals surface area contributed by atoms with Crippen LogP contribution in [0.1, 0.15) is 18.3 Å². The number of hydrogen-bond acceptors (Lipinski definition) is 4. The molecular weight excluding hydrogens is 240 g/mol. The second-order valence-electron chi connectivity index (χ2n) is 4.28. The van der Waals surface area contributed by atoms with Gasteiger partial charge in [-0.05, 0) is 19.1 Å². The number of aryl methyl sites for hydroxylation is 1. The number of benzene rings is 1. The largest absolute Gasteiger partial charge is 0.384 e. The van der Waals surface area contributed by atoms with E-state index in [-0.39, 0.29) is 5.84 Å². The number of nitrogens with zero attached hydrogens (tertiary/aromatic N) is 4. The van der Waals surface area contributed by atoms with Crippen molar-refractivity contribution < 1.29 is 0 Å². The second kappa shape index (κ2) is 5.51. The van der Waals surface area contributed by atoms with Crippen LogP contribution in [-0.4, -0.2) is 27.6 Å². The quantitative estimate of drug-likeness (QED) is 0.624. The molecule has 2 rings (SSSR count). The molecule has 0 saturated carbocycles. The summed E-state index contributed by atoms with van der Waals surface area (Å²) in [5.74, 6) is 0.961. The highest BCUT2D eigenvalue weighted by Crippen LogP contribution is 2.19. The molecule has 0 amide bonds. The fourth-order valence-electron chi connectivity index (χ4n) is 2.01. The molecule has 0 fully saturated rings. The van der Waals surface area contributed by atoms with Gasteiger partial charge in [0.15, 0.2) is 0 Å². The van der Waals surface area contributed by atoms with Crippen LogP contribution in [0, 0.1) is 5.41 Å². The van der Waals surface area contributed by atoms with E-state index in [9.17, 15) is 0 Å². The highest BCUT2D eigenvalue weighted by Gasteiger charge is 2.12. The minimum Gasteiger partial charge on any atom is -0.384 e. The van der Waals surface area contributed by atoms with Gasteiger partial charge in [-0.1, -0.05) is 12.1 Å². The zero-order valence-corrected chi connectivity index (χ0v) is 11.2. The highest BCUT2D eigenvalue weighted by molar-refractivity contribution is 6.00. The summed E-state index contributed by atoms with van der Waals surface area (Å²) in [5, 5.41) is 11.8. The van der Waals surface area contributed by atoms with Gasteiger partial charge in [0.05, 0.1) is 6.54 Å². The standard InChI is InChI=1S/C13H18N6/c1-3-19-12(16-9-17-19)8-18(2)11-7-5-4-6-10(11)13(14)15/h4-7,9H,3,8H2,1-2H3,(H3,14,15). The maximum Gasteiger partial charge on any atom is 0.146 e. The third-order valence-corrected chi connectivity index (χ3v) is 2.98. The Bertz CT molecular complexity index is 574. The van der Waals surface area contributed by atoms with Gasteiger partial charge < -0.3 is 10.6 Å². The minimum atomic E-state index is 0.0689. The van der Waals surface area contributed by atoms with Gasteiger partial charge >= 0.3 is 0 Å². The summed E-state index contributed by atoms with van der Waals surface area (Å²) in [6.07, 6.45) is 1.56. The third-order valence-electron chi connectivity index (χ3n) is 2.98. The summed E-state index contributed by atoms with van der Waals surface area (Å²) in [6, 6.07) is 7.60. The molecule has 0 radical (unpaired) electrons. The molecule has 0 aliphatic carbocycles. The summed E-state index contributed by atoms with van der Waals surface area (Å²) in [5.41, 5.74) is 7.25. The third kappa shape index (κ3) is 2.73. The van der Waals surface area contributed by atoms with E-state index in [1.54, 1.807) is 6.33 Å². The Morgan fingerprint density at radius 2 is 2.16 bits per heavy atom. The van der Waals surface area contributed by atoms with Crippen LogP contribution in [0.15, 0.2) is 30.6 Å². The first-order valence-electron chi connectivity index (χ1n) is 6.14. The van der Waals surface area contributed by atoms with E-state index in [0.717, 1.165) is 23.6 Å². The van der Waals surface area contributed by atoms with Crippen molar-refractivity contribution in [3.63, 3.8) is 0 Å². The van der Waals surface area contributed by atoms with Gasteiger partial charge in [0.2, 0.25) is 0 Å². The molecule has 0 atom stereocenters. The van der Waals surface area contributed by atoms with Crippen LogP contribution in [0.4, 0.5) is 5.69 Å². The number of nitrogen functional groups attached to an aromatic ring is 1. The van der Waals surface area contributed by atoms with Crippen molar-refractivity contribution in [1.82, 2.24) is 14.8 Å². The number of aromatic nitrogens is 3. The molecule has 1 aromatic carbocycles. The predicted molar refractivity (Wildman–Crippen MR) is 75.3 cm³/mol. The van der Waals surface area contributed by atoms with E-state index in [4.69, 9.17) is 11.1 Å². The Labute approximate surface area is 112 Å². The average molecular weight is 258 g/mol. The Morgan fingerprint density at radius 1 is 1.42 bits per heavy atom. The second-order valence-corrected chi connectivity index (χ2v) is 4.28. The molecule has 0 spiro atoms. The maximum absolute atomic E-state index is 7.62. The Kier molecular flexibility index (Phi) is 3.79. The number of para-hydroxylation sites is 1. The Balaban J connectivity index is 2.25. The molecule has 0 aliphatic heterocycles. The van der Waals surface area contributed by atoms with Crippen LogP contribution >= 0.6 is 0 Å². The van der Waals surface area contributed by atoms with E-state index < -0.39 is 0 Å². The molecule has 0 aliphatic rings. The molecule has 6 heteroatoms. The van der Waals surface area contributed by atoms with Gasteiger partial charge in [-0.15, -0.1) is 0 Å². The zero-order valence-electron chi connectivity index (χ0n) is 11.2. The smallest absolute Gasteiger partial charge is 0.146 e. The number of amidine groups is 1. The van der Waals surface area contributed by atoms with E-state index >= 15 is 0 Å². The van der Waals surface area contributed by atoms with Crippen molar-refractivity contribution >= 4 is 11.5 Å². The highest BCUT2D eigenvalue weighted by atomic mass is 15.3. The molecule has 0 bridgehead atoms. The van der Waals surface area contributed by atoms with Crippen LogP contribution in [0.3, 0.4) is 0 Å². The van der Waals surface area contributed by atoms with Gasteiger partial charge in [0.25, 0.3) is 0 Å². The number of hydrogen-bond donors (Lipinski definition) is 2. The Morgan fingerprint density at radius 3 is 2.84 bits per heavy atom. The van der Waals surface area contributed by atoms with Crippen molar-refractivity contribution in [2.75, 3.05) is 11.9 Å². The molecule has 100 valence electrons. The van der Waals surface area contributed by atoms with Crippen LogP contribution in [0.2, 0.25) is 0 Å². The molecular formula is C13H18N6. The summed E-state index contributed by atoms with van der Waals surface area (Å²) in [4.78, 5) is 6.27. The van der Waals surface area contributed by atoms with Crippen LogP contribution < -0.4 is 10.6 Å². The lowest BCUT2D eigenvalue weighted by molar-refractivity contribution is 0.610. The lowest BCUT2D eigenvalue weighted by Crippen LogP contribution is -2.23. The fourth-order valence-corrected chi connectivity index (χ4v) is 2.01. The molecule has 6 nitrogen and oxygen atoms in total. The SMILES string of the molecule is CCn1ncnc1CN(C)c1ccccc1C(=N)N. The lowest BCUT2D eigenvalue weighted by atomic mass is 10.1. The number of nitrogens with two attached hydrogens (primary N) is 1. The van der Waals surface area contributed by atoms with Gasteiger partial charge in [-0.25, -0.2) is 9.67 Å². The van der Waals surface area contributed by atoms with Crippen LogP contribution in [0.25, 0.3) is 0 Å². The molecule has 19 heavy (non-hydrogen) atoms. The number of nitrogens with one attached hydrogen (secondary N) is 1. The van der Waals surface area contributed by atoms with E-state index in [2.05, 4.69) is 10.1 Å². The zero-order chi connectivity index (χ0) is 13.8. The van der Waals surface area contributed by atoms with Crippen molar-refractivity contribution in [1.29, 1.82) is 5.41 Å². The van der Waals surface area contributed by atoms with Crippen molar-refractivity contribution in [2.45, 2.75) is 20.0 Å². The van der Waals surface area contributed by atoms with Crippen LogP contribution in [0.5, 0.6) is 0 Å². The molecule has 1 aromatic heterocycles. The monoisotopic (exact) mass is 258 g/mol.